The number of hydrogen-bond acceptors (Lipinski definition) is 3. The molecule has 26 heavy (non-hydrogen) atoms. The van der Waals surface area contributed by atoms with Crippen LogP contribution in [0, 0.1) is 0 Å². The minimum atomic E-state index is -0.745. The van der Waals surface area contributed by atoms with Crippen molar-refractivity contribution in [2.24, 2.45) is 7.05 Å². The number of aromatic nitrogens is 2. The van der Waals surface area contributed by atoms with Gasteiger partial charge in [0.2, 0.25) is 5.91 Å². The Bertz CT molecular complexity index is 720. The summed E-state index contributed by atoms with van der Waals surface area (Å²) in [5, 5.41) is 7.80. The fraction of sp³-hybridized carbons (Fsp3) is 0.750. The summed E-state index contributed by atoms with van der Waals surface area (Å²) in [7, 11) is 1.86. The normalized spacial score (nSPS) is 26.2. The molecular weight excluding hydrogens is 328 g/mol. The lowest BCUT2D eigenvalue weighted by atomic mass is 9.93. The lowest BCUT2D eigenvalue weighted by Gasteiger charge is -2.35. The largest absolute Gasteiger partial charge is 0.351 e. The van der Waals surface area contributed by atoms with Crippen LogP contribution in [0.1, 0.15) is 80.0 Å². The molecule has 6 nitrogen and oxygen atoms in total. The summed E-state index contributed by atoms with van der Waals surface area (Å²) in [6.45, 7) is 2.58. The molecule has 2 aliphatic carbocycles. The van der Waals surface area contributed by atoms with Crippen molar-refractivity contribution in [1.82, 2.24) is 20.0 Å². The summed E-state index contributed by atoms with van der Waals surface area (Å²) in [6.07, 6.45) is 10.2. The standard InChI is InChI=1S/C20H30N4O2/c1-20(19(26)21-14-8-3-4-9-14)12-7-13-24(20)18(25)17-15-10-5-6-11-16(15)22-23(17)2/h14H,3-13H2,1-2H3,(H,21,26)/t20-/m0/s1. The SMILES string of the molecule is Cn1nc2c(c1C(=O)N1CCC[C@@]1(C)C(=O)NC1CCCC1)CCCC2. The maximum absolute atomic E-state index is 13.4. The van der Waals surface area contributed by atoms with Crippen LogP contribution in [0.3, 0.4) is 0 Å². The van der Waals surface area contributed by atoms with Gasteiger partial charge in [0.05, 0.1) is 5.69 Å². The Labute approximate surface area is 155 Å². The van der Waals surface area contributed by atoms with Crippen LogP contribution in [0.25, 0.3) is 0 Å². The third-order valence-corrected chi connectivity index (χ3v) is 6.59. The van der Waals surface area contributed by atoms with Crippen molar-refractivity contribution in [2.45, 2.75) is 82.7 Å². The zero-order valence-electron chi connectivity index (χ0n) is 16.0. The van der Waals surface area contributed by atoms with Gasteiger partial charge in [0.15, 0.2) is 0 Å². The second-order valence-electron chi connectivity index (χ2n) is 8.39. The van der Waals surface area contributed by atoms with E-state index in [-0.39, 0.29) is 17.9 Å². The van der Waals surface area contributed by atoms with Crippen molar-refractivity contribution in [2.75, 3.05) is 6.54 Å². The molecule has 1 aromatic rings. The molecule has 0 radical (unpaired) electrons. The summed E-state index contributed by atoms with van der Waals surface area (Å²) >= 11 is 0. The van der Waals surface area contributed by atoms with Gasteiger partial charge in [0.25, 0.3) is 5.91 Å². The van der Waals surface area contributed by atoms with Gasteiger partial charge in [-0.1, -0.05) is 12.8 Å². The van der Waals surface area contributed by atoms with Crippen LogP contribution in [0.2, 0.25) is 0 Å². The van der Waals surface area contributed by atoms with E-state index >= 15 is 0 Å². The third kappa shape index (κ3) is 2.83. The Hall–Kier alpha value is -1.85. The second kappa shape index (κ2) is 6.71. The average Bonchev–Trinajstić information content (AvgIpc) is 3.33. The van der Waals surface area contributed by atoms with Crippen molar-refractivity contribution in [3.63, 3.8) is 0 Å². The van der Waals surface area contributed by atoms with Gasteiger partial charge in [0.1, 0.15) is 11.2 Å². The molecule has 1 saturated carbocycles. The monoisotopic (exact) mass is 358 g/mol. The van der Waals surface area contributed by atoms with Crippen molar-refractivity contribution in [3.8, 4) is 0 Å². The number of hydrogen-bond donors (Lipinski definition) is 1. The van der Waals surface area contributed by atoms with E-state index in [1.807, 2.05) is 18.9 Å². The van der Waals surface area contributed by atoms with Crippen LogP contribution in [0.15, 0.2) is 0 Å². The highest BCUT2D eigenvalue weighted by Crippen LogP contribution is 2.33. The quantitative estimate of drug-likeness (QED) is 0.902. The van der Waals surface area contributed by atoms with E-state index in [0.29, 0.717) is 12.2 Å². The van der Waals surface area contributed by atoms with E-state index in [2.05, 4.69) is 10.4 Å². The van der Waals surface area contributed by atoms with Crippen LogP contribution < -0.4 is 5.32 Å². The number of aryl methyl sites for hydroxylation is 2. The van der Waals surface area contributed by atoms with E-state index in [9.17, 15) is 9.59 Å². The highest BCUT2D eigenvalue weighted by molar-refractivity contribution is 5.99. The first-order valence-electron chi connectivity index (χ1n) is 10.2. The molecule has 0 spiro atoms. The first-order valence-corrected chi connectivity index (χ1v) is 10.2. The predicted molar refractivity (Wildman–Crippen MR) is 98.9 cm³/mol. The number of amides is 2. The second-order valence-corrected chi connectivity index (χ2v) is 8.39. The molecule has 0 bridgehead atoms. The molecule has 142 valence electrons. The van der Waals surface area contributed by atoms with Crippen LogP contribution >= 0.6 is 0 Å². The molecule has 1 N–H and O–H groups in total. The molecule has 1 atom stereocenters. The van der Waals surface area contributed by atoms with E-state index in [1.54, 1.807) is 4.68 Å². The Morgan fingerprint density at radius 1 is 1.12 bits per heavy atom. The molecule has 2 amide bonds. The summed E-state index contributed by atoms with van der Waals surface area (Å²) in [5.74, 6) is -0.00370. The summed E-state index contributed by atoms with van der Waals surface area (Å²) in [6, 6.07) is 0.279. The van der Waals surface area contributed by atoms with Crippen LogP contribution in [-0.4, -0.2) is 44.6 Å². The topological polar surface area (TPSA) is 67.2 Å². The number of nitrogens with one attached hydrogen (secondary N) is 1. The summed E-state index contributed by atoms with van der Waals surface area (Å²) in [5.41, 5.74) is 2.12. The maximum atomic E-state index is 13.4. The Kier molecular flexibility index (Phi) is 4.53. The fourth-order valence-corrected chi connectivity index (χ4v) is 5.01. The lowest BCUT2D eigenvalue weighted by molar-refractivity contribution is -0.130. The Morgan fingerprint density at radius 2 is 1.85 bits per heavy atom. The van der Waals surface area contributed by atoms with Crippen LogP contribution in [-0.2, 0) is 24.7 Å². The Morgan fingerprint density at radius 3 is 2.62 bits per heavy atom. The number of carbonyl (C=O) groups is 2. The molecule has 3 aliphatic rings. The highest BCUT2D eigenvalue weighted by atomic mass is 16.2. The molecule has 0 unspecified atom stereocenters. The van der Waals surface area contributed by atoms with Gasteiger partial charge in [-0.15, -0.1) is 0 Å². The zero-order valence-corrected chi connectivity index (χ0v) is 16.0. The molecule has 1 aromatic heterocycles. The molecule has 6 heteroatoms. The van der Waals surface area contributed by atoms with Gasteiger partial charge in [-0.3, -0.25) is 14.3 Å². The van der Waals surface area contributed by atoms with Gasteiger partial charge < -0.3 is 10.2 Å². The lowest BCUT2D eigenvalue weighted by Crippen LogP contribution is -2.57. The van der Waals surface area contributed by atoms with Crippen molar-refractivity contribution in [1.29, 1.82) is 0 Å². The van der Waals surface area contributed by atoms with Crippen LogP contribution in [0.4, 0.5) is 0 Å². The van der Waals surface area contributed by atoms with Crippen LogP contribution in [0.5, 0.6) is 0 Å². The molecule has 1 aliphatic heterocycles. The Balaban J connectivity index is 1.59. The number of likely N-dealkylation sites (tertiary alicyclic amines) is 1. The van der Waals surface area contributed by atoms with E-state index in [1.165, 1.54) is 12.8 Å². The molecule has 2 heterocycles. The van der Waals surface area contributed by atoms with E-state index in [4.69, 9.17) is 0 Å². The summed E-state index contributed by atoms with van der Waals surface area (Å²) in [4.78, 5) is 28.3. The fourth-order valence-electron chi connectivity index (χ4n) is 5.01. The van der Waals surface area contributed by atoms with Gasteiger partial charge in [-0.2, -0.15) is 5.10 Å². The minimum absolute atomic E-state index is 0.0197. The molecular formula is C20H30N4O2. The van der Waals surface area contributed by atoms with E-state index in [0.717, 1.165) is 62.6 Å². The third-order valence-electron chi connectivity index (χ3n) is 6.59. The smallest absolute Gasteiger partial charge is 0.273 e. The predicted octanol–water partition coefficient (Wildman–Crippen LogP) is 2.35. The minimum Gasteiger partial charge on any atom is -0.351 e. The zero-order chi connectivity index (χ0) is 18.3. The first-order chi connectivity index (χ1) is 12.5. The van der Waals surface area contributed by atoms with Gasteiger partial charge >= 0.3 is 0 Å². The number of nitrogens with zero attached hydrogens (tertiary/aromatic N) is 3. The van der Waals surface area contributed by atoms with Crippen molar-refractivity contribution in [3.05, 3.63) is 17.0 Å². The highest BCUT2D eigenvalue weighted by Gasteiger charge is 2.47. The molecule has 1 saturated heterocycles. The van der Waals surface area contributed by atoms with E-state index < -0.39 is 5.54 Å². The van der Waals surface area contributed by atoms with Gasteiger partial charge in [0, 0.05) is 25.2 Å². The molecule has 2 fully saturated rings. The number of rotatable bonds is 3. The van der Waals surface area contributed by atoms with Crippen molar-refractivity contribution >= 4 is 11.8 Å². The average molecular weight is 358 g/mol. The summed E-state index contributed by atoms with van der Waals surface area (Å²) < 4.78 is 1.74. The molecule has 4 rings (SSSR count). The first kappa shape index (κ1) is 17.6. The van der Waals surface area contributed by atoms with Crippen molar-refractivity contribution < 1.29 is 9.59 Å². The number of fused-ring (bicyclic) bond motifs is 1. The number of carbonyl (C=O) groups excluding carboxylic acids is 2. The van der Waals surface area contributed by atoms with Gasteiger partial charge in [-0.25, -0.2) is 0 Å². The van der Waals surface area contributed by atoms with Gasteiger partial charge in [-0.05, 0) is 58.3 Å². The molecule has 0 aromatic carbocycles. The maximum Gasteiger partial charge on any atom is 0.273 e.